The molecule has 0 aliphatic carbocycles. The average molecular weight is 380 g/mol. The molecular formula is C20H24N6O2. The van der Waals surface area contributed by atoms with Gasteiger partial charge in [0.25, 0.3) is 11.8 Å². The van der Waals surface area contributed by atoms with Crippen molar-refractivity contribution in [3.63, 3.8) is 0 Å². The highest BCUT2D eigenvalue weighted by atomic mass is 16.2. The minimum atomic E-state index is -0.214. The highest BCUT2D eigenvalue weighted by Gasteiger charge is 2.29. The fraction of sp³-hybridized carbons (Fsp3) is 0.400. The Bertz CT molecular complexity index is 1030. The first-order valence-electron chi connectivity index (χ1n) is 9.50. The van der Waals surface area contributed by atoms with Crippen LogP contribution in [0, 0.1) is 0 Å². The molecule has 1 unspecified atom stereocenters. The molecule has 0 bridgehead atoms. The van der Waals surface area contributed by atoms with Crippen LogP contribution in [0.4, 0.5) is 0 Å². The molecule has 28 heavy (non-hydrogen) atoms. The number of pyridine rings is 1. The Morgan fingerprint density at radius 3 is 2.86 bits per heavy atom. The number of H-pyrrole nitrogens is 1. The number of hydrogen-bond acceptors (Lipinski definition) is 4. The highest BCUT2D eigenvalue weighted by molar-refractivity contribution is 5.95. The largest absolute Gasteiger partial charge is 0.349 e. The topological polar surface area (TPSA) is 95.9 Å². The molecule has 1 aliphatic rings. The third-order valence-corrected chi connectivity index (χ3v) is 5.20. The number of aromatic nitrogens is 4. The molecule has 3 aromatic rings. The van der Waals surface area contributed by atoms with Gasteiger partial charge in [-0.1, -0.05) is 13.8 Å². The number of nitrogens with one attached hydrogen (secondary N) is 2. The van der Waals surface area contributed by atoms with E-state index in [1.54, 1.807) is 17.0 Å². The predicted octanol–water partition coefficient (Wildman–Crippen LogP) is 2.06. The van der Waals surface area contributed by atoms with Gasteiger partial charge in [0.2, 0.25) is 0 Å². The smallest absolute Gasteiger partial charge is 0.271 e. The summed E-state index contributed by atoms with van der Waals surface area (Å²) < 4.78 is 1.96. The quantitative estimate of drug-likeness (QED) is 0.724. The summed E-state index contributed by atoms with van der Waals surface area (Å²) in [5.41, 5.74) is 3.52. The summed E-state index contributed by atoms with van der Waals surface area (Å²) in [5.74, 6) is -0.0356. The second kappa shape index (κ2) is 7.10. The summed E-state index contributed by atoms with van der Waals surface area (Å²) in [4.78, 5) is 31.4. The van der Waals surface area contributed by atoms with Gasteiger partial charge in [0.05, 0.1) is 16.7 Å². The fourth-order valence-corrected chi connectivity index (χ4v) is 3.51. The third-order valence-electron chi connectivity index (χ3n) is 5.20. The van der Waals surface area contributed by atoms with Gasteiger partial charge in [0.1, 0.15) is 11.4 Å². The zero-order valence-electron chi connectivity index (χ0n) is 16.3. The number of amides is 2. The number of aryl methyl sites for hydroxylation is 1. The van der Waals surface area contributed by atoms with Crippen molar-refractivity contribution in [3.8, 4) is 0 Å². The summed E-state index contributed by atoms with van der Waals surface area (Å²) in [6, 6.07) is 7.23. The van der Waals surface area contributed by atoms with Crippen LogP contribution in [0.25, 0.3) is 11.0 Å². The standard InChI is InChI=1S/C20H24N6O2/c1-12(2)16-10-17(24-23-16)20(28)26-9-6-13(11-26)21-19(27)15-4-5-18-14(22-15)7-8-25(18)3/h4-5,7-8,10,12-13H,6,9,11H2,1-3H3,(H,21,27)(H,23,24). The van der Waals surface area contributed by atoms with Crippen molar-refractivity contribution >= 4 is 22.8 Å². The molecule has 1 saturated heterocycles. The van der Waals surface area contributed by atoms with E-state index >= 15 is 0 Å². The van der Waals surface area contributed by atoms with E-state index in [-0.39, 0.29) is 23.8 Å². The van der Waals surface area contributed by atoms with Crippen LogP contribution in [0.3, 0.4) is 0 Å². The zero-order valence-corrected chi connectivity index (χ0v) is 16.3. The summed E-state index contributed by atoms with van der Waals surface area (Å²) in [6.07, 6.45) is 2.64. The van der Waals surface area contributed by atoms with Gasteiger partial charge >= 0.3 is 0 Å². The molecule has 0 aromatic carbocycles. The van der Waals surface area contributed by atoms with E-state index in [1.807, 2.05) is 43.8 Å². The fourth-order valence-electron chi connectivity index (χ4n) is 3.51. The number of fused-ring (bicyclic) bond motifs is 1. The Kier molecular flexibility index (Phi) is 4.62. The number of likely N-dealkylation sites (tertiary alicyclic amines) is 1. The van der Waals surface area contributed by atoms with Gasteiger partial charge in [0.15, 0.2) is 0 Å². The van der Waals surface area contributed by atoms with Gasteiger partial charge < -0.3 is 14.8 Å². The van der Waals surface area contributed by atoms with Crippen LogP contribution in [-0.2, 0) is 7.05 Å². The van der Waals surface area contributed by atoms with E-state index in [2.05, 4.69) is 20.5 Å². The lowest BCUT2D eigenvalue weighted by Crippen LogP contribution is -2.38. The van der Waals surface area contributed by atoms with Crippen molar-refractivity contribution in [1.82, 2.24) is 30.0 Å². The second-order valence-corrected chi connectivity index (χ2v) is 7.60. The van der Waals surface area contributed by atoms with Crippen LogP contribution >= 0.6 is 0 Å². The van der Waals surface area contributed by atoms with Gasteiger partial charge in [-0.05, 0) is 36.6 Å². The Labute approximate surface area is 162 Å². The summed E-state index contributed by atoms with van der Waals surface area (Å²) in [5, 5.41) is 10.0. The molecule has 0 radical (unpaired) electrons. The highest BCUT2D eigenvalue weighted by Crippen LogP contribution is 2.17. The third kappa shape index (κ3) is 3.37. The molecule has 8 heteroatoms. The average Bonchev–Trinajstić information content (AvgIpc) is 3.41. The molecular weight excluding hydrogens is 356 g/mol. The number of rotatable bonds is 4. The first-order chi connectivity index (χ1) is 13.4. The maximum Gasteiger partial charge on any atom is 0.271 e. The number of carbonyl (C=O) groups is 2. The van der Waals surface area contributed by atoms with Crippen molar-refractivity contribution in [3.05, 3.63) is 47.5 Å². The first-order valence-corrected chi connectivity index (χ1v) is 9.50. The molecule has 0 spiro atoms. The van der Waals surface area contributed by atoms with E-state index in [1.165, 1.54) is 0 Å². The Hall–Kier alpha value is -3.16. The first kappa shape index (κ1) is 18.2. The lowest BCUT2D eigenvalue weighted by Gasteiger charge is -2.16. The lowest BCUT2D eigenvalue weighted by atomic mass is 10.1. The summed E-state index contributed by atoms with van der Waals surface area (Å²) >= 11 is 0. The van der Waals surface area contributed by atoms with Crippen LogP contribution in [0.5, 0.6) is 0 Å². The molecule has 146 valence electrons. The molecule has 1 aliphatic heterocycles. The van der Waals surface area contributed by atoms with E-state index < -0.39 is 0 Å². The summed E-state index contributed by atoms with van der Waals surface area (Å²) in [7, 11) is 1.94. The van der Waals surface area contributed by atoms with Gasteiger partial charge in [-0.25, -0.2) is 4.98 Å². The van der Waals surface area contributed by atoms with Crippen LogP contribution in [0.1, 0.15) is 52.9 Å². The minimum Gasteiger partial charge on any atom is -0.349 e. The summed E-state index contributed by atoms with van der Waals surface area (Å²) in [6.45, 7) is 5.15. The van der Waals surface area contributed by atoms with E-state index in [0.29, 0.717) is 24.5 Å². The van der Waals surface area contributed by atoms with Crippen LogP contribution in [0.2, 0.25) is 0 Å². The molecule has 2 N–H and O–H groups in total. The van der Waals surface area contributed by atoms with E-state index in [9.17, 15) is 9.59 Å². The number of carbonyl (C=O) groups excluding carboxylic acids is 2. The Morgan fingerprint density at radius 1 is 1.29 bits per heavy atom. The van der Waals surface area contributed by atoms with Crippen molar-refractivity contribution in [2.45, 2.75) is 32.2 Å². The van der Waals surface area contributed by atoms with E-state index in [4.69, 9.17) is 0 Å². The molecule has 2 amide bonds. The molecule has 1 fully saturated rings. The van der Waals surface area contributed by atoms with Crippen molar-refractivity contribution in [2.75, 3.05) is 13.1 Å². The van der Waals surface area contributed by atoms with Crippen molar-refractivity contribution in [2.24, 2.45) is 7.05 Å². The van der Waals surface area contributed by atoms with Crippen LogP contribution < -0.4 is 5.32 Å². The van der Waals surface area contributed by atoms with Crippen LogP contribution in [-0.4, -0.2) is 55.6 Å². The normalized spacial score (nSPS) is 16.9. The lowest BCUT2D eigenvalue weighted by molar-refractivity contribution is 0.0777. The van der Waals surface area contributed by atoms with Gasteiger partial charge in [-0.2, -0.15) is 5.10 Å². The Balaban J connectivity index is 1.39. The van der Waals surface area contributed by atoms with E-state index in [0.717, 1.165) is 23.1 Å². The number of hydrogen-bond donors (Lipinski definition) is 2. The SMILES string of the molecule is CC(C)c1cc(C(=O)N2CCC(NC(=O)c3ccc4c(ccn4C)n3)C2)[nH]n1. The van der Waals surface area contributed by atoms with Crippen LogP contribution in [0.15, 0.2) is 30.5 Å². The van der Waals surface area contributed by atoms with Gasteiger partial charge in [-0.15, -0.1) is 0 Å². The number of nitrogens with zero attached hydrogens (tertiary/aromatic N) is 4. The minimum absolute atomic E-state index is 0.0834. The molecule has 1 atom stereocenters. The molecule has 8 nitrogen and oxygen atoms in total. The molecule has 3 aromatic heterocycles. The molecule has 4 rings (SSSR count). The van der Waals surface area contributed by atoms with Gasteiger partial charge in [-0.3, -0.25) is 14.7 Å². The monoisotopic (exact) mass is 380 g/mol. The van der Waals surface area contributed by atoms with Crippen molar-refractivity contribution < 1.29 is 9.59 Å². The molecule has 4 heterocycles. The zero-order chi connectivity index (χ0) is 19.8. The van der Waals surface area contributed by atoms with Crippen molar-refractivity contribution in [1.29, 1.82) is 0 Å². The maximum atomic E-state index is 12.7. The number of aromatic amines is 1. The Morgan fingerprint density at radius 2 is 2.11 bits per heavy atom. The predicted molar refractivity (Wildman–Crippen MR) is 105 cm³/mol. The maximum absolute atomic E-state index is 12.7. The second-order valence-electron chi connectivity index (χ2n) is 7.60. The van der Waals surface area contributed by atoms with Gasteiger partial charge in [0, 0.05) is 32.4 Å². The molecule has 0 saturated carbocycles.